The Bertz CT molecular complexity index is 419. The smallest absolute Gasteiger partial charge is 0.253 e. The minimum Gasteiger partial charge on any atom is -0.337 e. The largest absolute Gasteiger partial charge is 0.337 e. The summed E-state index contributed by atoms with van der Waals surface area (Å²) in [5.74, 6) is -0.342. The van der Waals surface area contributed by atoms with Crippen molar-refractivity contribution in [1.82, 2.24) is 4.90 Å². The molecule has 0 bridgehead atoms. The summed E-state index contributed by atoms with van der Waals surface area (Å²) in [6.07, 6.45) is 0.839. The van der Waals surface area contributed by atoms with Crippen molar-refractivity contribution in [2.45, 2.75) is 19.4 Å². The quantitative estimate of drug-likeness (QED) is 0.778. The first-order valence-corrected chi connectivity index (χ1v) is 5.39. The molecular weight excluding hydrogens is 207 g/mol. The summed E-state index contributed by atoms with van der Waals surface area (Å²) >= 11 is 0. The number of amides is 1. The van der Waals surface area contributed by atoms with E-state index in [1.54, 1.807) is 17.9 Å². The van der Waals surface area contributed by atoms with E-state index in [-0.39, 0.29) is 17.8 Å². The van der Waals surface area contributed by atoms with Gasteiger partial charge in [-0.2, -0.15) is 0 Å². The molecule has 1 aromatic carbocycles. The number of hydrogen-bond acceptors (Lipinski definition) is 2. The number of aryl methyl sites for hydroxylation is 1. The molecule has 1 aliphatic rings. The molecule has 4 heteroatoms. The molecule has 0 aromatic heterocycles. The van der Waals surface area contributed by atoms with Gasteiger partial charge in [-0.1, -0.05) is 0 Å². The maximum Gasteiger partial charge on any atom is 0.253 e. The van der Waals surface area contributed by atoms with Crippen LogP contribution >= 0.6 is 0 Å². The Kier molecular flexibility index (Phi) is 2.92. The molecule has 0 radical (unpaired) electrons. The number of likely N-dealkylation sites (tertiary alicyclic amines) is 1. The molecular formula is C12H15FN2O. The summed E-state index contributed by atoms with van der Waals surface area (Å²) in [5.41, 5.74) is 6.77. The second-order valence-electron chi connectivity index (χ2n) is 4.26. The number of nitrogens with zero attached hydrogens (tertiary/aromatic N) is 1. The SMILES string of the molecule is Cc1cc(C(=O)N2CCC(N)C2)ccc1F. The van der Waals surface area contributed by atoms with Crippen LogP contribution in [0, 0.1) is 12.7 Å². The second kappa shape index (κ2) is 4.22. The van der Waals surface area contributed by atoms with Crippen molar-refractivity contribution in [1.29, 1.82) is 0 Å². The van der Waals surface area contributed by atoms with Gasteiger partial charge >= 0.3 is 0 Å². The van der Waals surface area contributed by atoms with Crippen molar-refractivity contribution >= 4 is 5.91 Å². The summed E-state index contributed by atoms with van der Waals surface area (Å²) in [6.45, 7) is 2.94. The van der Waals surface area contributed by atoms with Crippen molar-refractivity contribution in [2.24, 2.45) is 5.73 Å². The standard InChI is InChI=1S/C12H15FN2O/c1-8-6-9(2-3-11(8)13)12(16)15-5-4-10(14)7-15/h2-3,6,10H,4-5,7,14H2,1H3. The number of hydrogen-bond donors (Lipinski definition) is 1. The van der Waals surface area contributed by atoms with E-state index in [0.29, 0.717) is 24.2 Å². The van der Waals surface area contributed by atoms with Crippen LogP contribution in [0.3, 0.4) is 0 Å². The molecule has 1 atom stereocenters. The average Bonchev–Trinajstić information content (AvgIpc) is 2.68. The number of benzene rings is 1. The van der Waals surface area contributed by atoms with Crippen molar-refractivity contribution < 1.29 is 9.18 Å². The first-order valence-electron chi connectivity index (χ1n) is 5.39. The summed E-state index contributed by atoms with van der Waals surface area (Å²) in [5, 5.41) is 0. The van der Waals surface area contributed by atoms with Gasteiger partial charge in [-0.15, -0.1) is 0 Å². The third-order valence-electron chi connectivity index (χ3n) is 2.92. The molecule has 3 nitrogen and oxygen atoms in total. The van der Waals surface area contributed by atoms with Crippen LogP contribution < -0.4 is 5.73 Å². The Balaban J connectivity index is 2.18. The lowest BCUT2D eigenvalue weighted by Gasteiger charge is -2.16. The Morgan fingerprint density at radius 1 is 1.56 bits per heavy atom. The van der Waals surface area contributed by atoms with E-state index in [4.69, 9.17) is 5.73 Å². The topological polar surface area (TPSA) is 46.3 Å². The van der Waals surface area contributed by atoms with E-state index < -0.39 is 0 Å². The Morgan fingerprint density at radius 3 is 2.88 bits per heavy atom. The second-order valence-corrected chi connectivity index (χ2v) is 4.26. The molecule has 0 aliphatic carbocycles. The number of rotatable bonds is 1. The number of halogens is 1. The third-order valence-corrected chi connectivity index (χ3v) is 2.92. The van der Waals surface area contributed by atoms with Gasteiger partial charge in [0.2, 0.25) is 0 Å². The highest BCUT2D eigenvalue weighted by Crippen LogP contribution is 2.15. The highest BCUT2D eigenvalue weighted by atomic mass is 19.1. The molecule has 1 amide bonds. The van der Waals surface area contributed by atoms with E-state index in [1.165, 1.54) is 12.1 Å². The minimum absolute atomic E-state index is 0.0592. The fourth-order valence-electron chi connectivity index (χ4n) is 1.93. The van der Waals surface area contributed by atoms with Crippen LogP contribution in [0.5, 0.6) is 0 Å². The molecule has 1 unspecified atom stereocenters. The monoisotopic (exact) mass is 222 g/mol. The molecule has 2 rings (SSSR count). The van der Waals surface area contributed by atoms with Crippen LogP contribution in [-0.2, 0) is 0 Å². The molecule has 2 N–H and O–H groups in total. The van der Waals surface area contributed by atoms with Gasteiger partial charge in [-0.3, -0.25) is 4.79 Å². The first kappa shape index (κ1) is 11.1. The van der Waals surface area contributed by atoms with Crippen LogP contribution in [0.15, 0.2) is 18.2 Å². The Hall–Kier alpha value is -1.42. The molecule has 1 fully saturated rings. The van der Waals surface area contributed by atoms with Gasteiger partial charge in [0.05, 0.1) is 0 Å². The average molecular weight is 222 g/mol. The zero-order valence-electron chi connectivity index (χ0n) is 9.24. The van der Waals surface area contributed by atoms with Crippen molar-refractivity contribution in [2.75, 3.05) is 13.1 Å². The fourth-order valence-corrected chi connectivity index (χ4v) is 1.93. The molecule has 0 spiro atoms. The van der Waals surface area contributed by atoms with Crippen LogP contribution in [-0.4, -0.2) is 29.9 Å². The molecule has 1 saturated heterocycles. The number of carbonyl (C=O) groups excluding carboxylic acids is 1. The van der Waals surface area contributed by atoms with E-state index >= 15 is 0 Å². The van der Waals surface area contributed by atoms with Crippen molar-refractivity contribution in [3.8, 4) is 0 Å². The molecule has 1 aromatic rings. The maximum atomic E-state index is 13.1. The summed E-state index contributed by atoms with van der Waals surface area (Å²) in [6, 6.07) is 4.51. The van der Waals surface area contributed by atoms with Gasteiger partial charge in [-0.05, 0) is 37.1 Å². The van der Waals surface area contributed by atoms with Crippen molar-refractivity contribution in [3.05, 3.63) is 35.1 Å². The van der Waals surface area contributed by atoms with Gasteiger partial charge in [0.25, 0.3) is 5.91 Å². The minimum atomic E-state index is -0.283. The lowest BCUT2D eigenvalue weighted by atomic mass is 10.1. The van der Waals surface area contributed by atoms with Gasteiger partial charge < -0.3 is 10.6 Å². The third kappa shape index (κ3) is 2.07. The molecule has 0 saturated carbocycles. The maximum absolute atomic E-state index is 13.1. The number of carbonyl (C=O) groups is 1. The molecule has 1 aliphatic heterocycles. The van der Waals surface area contributed by atoms with E-state index in [9.17, 15) is 9.18 Å². The lowest BCUT2D eigenvalue weighted by molar-refractivity contribution is 0.0790. The molecule has 1 heterocycles. The lowest BCUT2D eigenvalue weighted by Crippen LogP contribution is -2.31. The van der Waals surface area contributed by atoms with Gasteiger partial charge in [0, 0.05) is 24.7 Å². The predicted molar refractivity (Wildman–Crippen MR) is 59.6 cm³/mol. The Morgan fingerprint density at radius 2 is 2.31 bits per heavy atom. The van der Waals surface area contributed by atoms with Crippen LogP contribution in [0.2, 0.25) is 0 Å². The van der Waals surface area contributed by atoms with Gasteiger partial charge in [0.1, 0.15) is 5.82 Å². The highest BCUT2D eigenvalue weighted by Gasteiger charge is 2.24. The van der Waals surface area contributed by atoms with E-state index in [2.05, 4.69) is 0 Å². The zero-order valence-corrected chi connectivity index (χ0v) is 9.24. The zero-order chi connectivity index (χ0) is 11.7. The van der Waals surface area contributed by atoms with Crippen LogP contribution in [0.4, 0.5) is 4.39 Å². The van der Waals surface area contributed by atoms with Crippen LogP contribution in [0.25, 0.3) is 0 Å². The van der Waals surface area contributed by atoms with Gasteiger partial charge in [-0.25, -0.2) is 4.39 Å². The Labute approximate surface area is 94.0 Å². The van der Waals surface area contributed by atoms with Crippen molar-refractivity contribution in [3.63, 3.8) is 0 Å². The molecule has 86 valence electrons. The fraction of sp³-hybridized carbons (Fsp3) is 0.417. The highest BCUT2D eigenvalue weighted by molar-refractivity contribution is 5.94. The summed E-state index contributed by atoms with van der Waals surface area (Å²) in [4.78, 5) is 13.7. The van der Waals surface area contributed by atoms with Crippen LogP contribution in [0.1, 0.15) is 22.3 Å². The van der Waals surface area contributed by atoms with E-state index in [1.807, 2.05) is 0 Å². The normalized spacial score (nSPS) is 20.2. The molecule has 16 heavy (non-hydrogen) atoms. The van der Waals surface area contributed by atoms with Gasteiger partial charge in [0.15, 0.2) is 0 Å². The summed E-state index contributed by atoms with van der Waals surface area (Å²) < 4.78 is 13.1. The van der Waals surface area contributed by atoms with E-state index in [0.717, 1.165) is 6.42 Å². The first-order chi connectivity index (χ1) is 7.58. The number of nitrogens with two attached hydrogens (primary N) is 1. The predicted octanol–water partition coefficient (Wildman–Crippen LogP) is 1.31. The summed E-state index contributed by atoms with van der Waals surface area (Å²) in [7, 11) is 0.